The Labute approximate surface area is 202 Å². The van der Waals surface area contributed by atoms with Crippen molar-refractivity contribution in [2.45, 2.75) is 61.5 Å². The highest BCUT2D eigenvalue weighted by Crippen LogP contribution is 2.40. The zero-order valence-electron chi connectivity index (χ0n) is 19.1. The maximum Gasteiger partial charge on any atom is 0.227 e. The molecule has 0 spiro atoms. The predicted octanol–water partition coefficient (Wildman–Crippen LogP) is 2.72. The third kappa shape index (κ3) is 4.21. The molecule has 2 saturated carbocycles. The molecule has 0 amide bonds. The maximum atomic E-state index is 12.8. The van der Waals surface area contributed by atoms with Crippen LogP contribution in [0.1, 0.15) is 55.6 Å². The molecular weight excluding hydrogens is 448 g/mol. The average molecular weight is 477 g/mol. The lowest BCUT2D eigenvalue weighted by Gasteiger charge is -2.43. The Balaban J connectivity index is 1.24. The van der Waals surface area contributed by atoms with E-state index in [9.17, 15) is 4.21 Å². The zero-order valence-corrected chi connectivity index (χ0v) is 19.9. The van der Waals surface area contributed by atoms with Crippen molar-refractivity contribution in [2.75, 3.05) is 35.7 Å². The van der Waals surface area contributed by atoms with E-state index in [1.54, 1.807) is 12.4 Å². The molecule has 2 aliphatic heterocycles. The molecule has 0 aromatic carbocycles. The average Bonchev–Trinajstić information content (AvgIpc) is 3.61. The van der Waals surface area contributed by atoms with Crippen molar-refractivity contribution < 1.29 is 8.95 Å². The van der Waals surface area contributed by atoms with Crippen LogP contribution in [0.4, 0.5) is 11.8 Å². The third-order valence-electron chi connectivity index (χ3n) is 7.09. The summed E-state index contributed by atoms with van der Waals surface area (Å²) in [5.74, 6) is 5.31. The van der Waals surface area contributed by atoms with E-state index in [0.717, 1.165) is 67.1 Å². The molecule has 8 nitrogen and oxygen atoms in total. The van der Waals surface area contributed by atoms with Crippen LogP contribution in [0.25, 0.3) is 5.57 Å². The summed E-state index contributed by atoms with van der Waals surface area (Å²) in [6.07, 6.45) is 18.4. The number of hydrogen-bond donors (Lipinski definition) is 1. The van der Waals surface area contributed by atoms with Gasteiger partial charge in [0.05, 0.1) is 40.3 Å². The van der Waals surface area contributed by atoms with E-state index in [-0.39, 0.29) is 5.54 Å². The molecule has 1 N–H and O–H groups in total. The first-order chi connectivity index (χ1) is 16.6. The Morgan fingerprint density at radius 3 is 2.71 bits per heavy atom. The Morgan fingerprint density at radius 1 is 1.24 bits per heavy atom. The third-order valence-corrected chi connectivity index (χ3v) is 8.55. The number of fused-ring (bicyclic) bond motifs is 1. The first-order valence-corrected chi connectivity index (χ1v) is 13.4. The van der Waals surface area contributed by atoms with Gasteiger partial charge in [0.25, 0.3) is 0 Å². The molecule has 2 fully saturated rings. The van der Waals surface area contributed by atoms with Gasteiger partial charge in [-0.25, -0.2) is 15.0 Å². The van der Waals surface area contributed by atoms with E-state index < -0.39 is 10.8 Å². The van der Waals surface area contributed by atoms with Crippen LogP contribution in [0, 0.1) is 12.3 Å². The van der Waals surface area contributed by atoms with Gasteiger partial charge >= 0.3 is 0 Å². The van der Waals surface area contributed by atoms with Crippen molar-refractivity contribution >= 4 is 28.1 Å². The summed E-state index contributed by atoms with van der Waals surface area (Å²) < 4.78 is 18.9. The van der Waals surface area contributed by atoms with Crippen LogP contribution in [-0.4, -0.2) is 61.2 Å². The van der Waals surface area contributed by atoms with Crippen molar-refractivity contribution in [3.8, 4) is 12.3 Å². The van der Waals surface area contributed by atoms with Crippen LogP contribution in [0.2, 0.25) is 0 Å². The standard InChI is InChI=1S/C25H28N6O2S/c1-2-17-14-26-22(27-15-17)18-6-11-31(12-7-18)24-28-20-8-13-34(32)21(20)23(29-24)30-25(9-3-10-25)16-33-19-4-5-19/h1,6,14-15,19H,3-5,7-13,16H2,(H,28,29,30). The van der Waals surface area contributed by atoms with Gasteiger partial charge in [-0.1, -0.05) is 12.0 Å². The lowest BCUT2D eigenvalue weighted by atomic mass is 9.77. The molecule has 0 bridgehead atoms. The number of ether oxygens (including phenoxy) is 1. The molecule has 1 unspecified atom stereocenters. The highest BCUT2D eigenvalue weighted by Gasteiger charge is 2.41. The van der Waals surface area contributed by atoms with E-state index in [0.29, 0.717) is 42.3 Å². The van der Waals surface area contributed by atoms with Gasteiger partial charge in [-0.15, -0.1) is 6.42 Å². The fourth-order valence-corrected chi connectivity index (χ4v) is 6.01. The smallest absolute Gasteiger partial charge is 0.227 e. The van der Waals surface area contributed by atoms with E-state index >= 15 is 0 Å². The van der Waals surface area contributed by atoms with Gasteiger partial charge in [0.2, 0.25) is 5.95 Å². The molecule has 176 valence electrons. The van der Waals surface area contributed by atoms with E-state index in [2.05, 4.69) is 32.2 Å². The molecule has 2 aromatic rings. The summed E-state index contributed by atoms with van der Waals surface area (Å²) in [6, 6.07) is 0. The second-order valence-corrected chi connectivity index (χ2v) is 11.1. The molecular formula is C25H28N6O2S. The number of aryl methyl sites for hydroxylation is 1. The largest absolute Gasteiger partial charge is 0.376 e. The number of nitrogens with one attached hydrogen (secondary N) is 1. The minimum absolute atomic E-state index is 0.106. The zero-order chi connectivity index (χ0) is 23.1. The molecule has 2 aliphatic carbocycles. The fourth-order valence-electron chi connectivity index (χ4n) is 4.70. The second kappa shape index (κ2) is 8.75. The van der Waals surface area contributed by atoms with Gasteiger partial charge in [-0.2, -0.15) is 4.98 Å². The Kier molecular flexibility index (Phi) is 5.58. The topological polar surface area (TPSA) is 93.1 Å². The molecule has 0 saturated heterocycles. The lowest BCUT2D eigenvalue weighted by molar-refractivity contribution is 0.0496. The van der Waals surface area contributed by atoms with Gasteiger partial charge < -0.3 is 15.0 Å². The number of anilines is 2. The van der Waals surface area contributed by atoms with Crippen LogP contribution < -0.4 is 10.2 Å². The van der Waals surface area contributed by atoms with Gasteiger partial charge in [-0.05, 0) is 44.1 Å². The van der Waals surface area contributed by atoms with Gasteiger partial charge in [0.1, 0.15) is 10.7 Å². The van der Waals surface area contributed by atoms with Gasteiger partial charge in [-0.3, -0.25) is 4.21 Å². The Morgan fingerprint density at radius 2 is 2.06 bits per heavy atom. The van der Waals surface area contributed by atoms with E-state index in [4.69, 9.17) is 21.1 Å². The highest BCUT2D eigenvalue weighted by atomic mass is 32.2. The van der Waals surface area contributed by atoms with Crippen molar-refractivity contribution in [3.63, 3.8) is 0 Å². The number of rotatable bonds is 7. The minimum atomic E-state index is -1.06. The van der Waals surface area contributed by atoms with Crippen LogP contribution in [0.15, 0.2) is 23.4 Å². The second-order valence-electron chi connectivity index (χ2n) is 9.58. The monoisotopic (exact) mass is 476 g/mol. The fraction of sp³-hybridized carbons (Fsp3) is 0.520. The van der Waals surface area contributed by atoms with Crippen molar-refractivity contribution in [1.29, 1.82) is 0 Å². The maximum absolute atomic E-state index is 12.8. The predicted molar refractivity (Wildman–Crippen MR) is 131 cm³/mol. The van der Waals surface area contributed by atoms with Crippen molar-refractivity contribution in [3.05, 3.63) is 35.6 Å². The Hall–Kier alpha value is -2.83. The first-order valence-electron chi connectivity index (χ1n) is 12.0. The molecule has 4 aliphatic rings. The molecule has 0 radical (unpaired) electrons. The summed E-state index contributed by atoms with van der Waals surface area (Å²) in [4.78, 5) is 21.5. The summed E-state index contributed by atoms with van der Waals surface area (Å²) in [7, 11) is -1.06. The van der Waals surface area contributed by atoms with Crippen LogP contribution in [0.3, 0.4) is 0 Å². The molecule has 34 heavy (non-hydrogen) atoms. The van der Waals surface area contributed by atoms with Crippen LogP contribution in [0.5, 0.6) is 0 Å². The summed E-state index contributed by atoms with van der Waals surface area (Å²) in [5.41, 5.74) is 2.58. The summed E-state index contributed by atoms with van der Waals surface area (Å²) >= 11 is 0. The van der Waals surface area contributed by atoms with Crippen LogP contribution >= 0.6 is 0 Å². The van der Waals surface area contributed by atoms with E-state index in [1.165, 1.54) is 6.42 Å². The summed E-state index contributed by atoms with van der Waals surface area (Å²) in [6.45, 7) is 2.13. The van der Waals surface area contributed by atoms with Gasteiger partial charge in [0, 0.05) is 37.7 Å². The van der Waals surface area contributed by atoms with Gasteiger partial charge in [0.15, 0.2) is 5.82 Å². The highest BCUT2D eigenvalue weighted by molar-refractivity contribution is 7.85. The molecule has 9 heteroatoms. The quantitative estimate of drug-likeness (QED) is 0.610. The molecule has 2 aromatic heterocycles. The number of hydrogen-bond acceptors (Lipinski definition) is 8. The SMILES string of the molecule is C#Cc1cnc(C2=CCN(c3nc4c(c(NC5(COC6CC6)CCC5)n3)S(=O)CC4)CC2)nc1. The first kappa shape index (κ1) is 21.7. The molecule has 4 heterocycles. The number of nitrogens with zero attached hydrogens (tertiary/aromatic N) is 5. The van der Waals surface area contributed by atoms with Crippen molar-refractivity contribution in [1.82, 2.24) is 19.9 Å². The van der Waals surface area contributed by atoms with Crippen molar-refractivity contribution in [2.24, 2.45) is 0 Å². The normalized spacial score (nSPS) is 23.0. The molecule has 6 rings (SSSR count). The lowest BCUT2D eigenvalue weighted by Crippen LogP contribution is -2.49. The summed E-state index contributed by atoms with van der Waals surface area (Å²) in [5, 5.41) is 3.68. The molecule has 1 atom stereocenters. The Bertz CT molecular complexity index is 1200. The number of aromatic nitrogens is 4. The van der Waals surface area contributed by atoms with Crippen LogP contribution in [-0.2, 0) is 22.0 Å². The van der Waals surface area contributed by atoms with E-state index in [1.807, 2.05) is 0 Å². The minimum Gasteiger partial charge on any atom is -0.376 e. The number of terminal acetylenes is 1.